The van der Waals surface area contributed by atoms with Crippen LogP contribution < -0.4 is 5.32 Å². The highest BCUT2D eigenvalue weighted by atomic mass is 79.9. The van der Waals surface area contributed by atoms with E-state index in [4.69, 9.17) is 4.42 Å². The number of benzene rings is 1. The second-order valence-electron chi connectivity index (χ2n) is 5.33. The molecule has 0 bridgehead atoms. The van der Waals surface area contributed by atoms with E-state index in [1.54, 1.807) is 11.8 Å². The molecule has 0 spiro atoms. The summed E-state index contributed by atoms with van der Waals surface area (Å²) in [5.74, 6) is 1.17. The maximum atomic E-state index is 12.0. The van der Waals surface area contributed by atoms with E-state index in [9.17, 15) is 4.79 Å². The molecule has 0 fully saturated rings. The van der Waals surface area contributed by atoms with Gasteiger partial charge in [-0.3, -0.25) is 10.1 Å². The molecule has 25 heavy (non-hydrogen) atoms. The minimum absolute atomic E-state index is 0.118. The van der Waals surface area contributed by atoms with Crippen LogP contribution in [0.1, 0.15) is 18.4 Å². The fourth-order valence-corrected chi connectivity index (χ4v) is 4.20. The third-order valence-corrected chi connectivity index (χ3v) is 6.00. The summed E-state index contributed by atoms with van der Waals surface area (Å²) < 4.78 is 6.45. The van der Waals surface area contributed by atoms with Crippen molar-refractivity contribution < 1.29 is 9.21 Å². The minimum atomic E-state index is -0.118. The molecule has 1 N–H and O–H groups in total. The molecule has 3 aromatic rings. The number of thiophene rings is 1. The van der Waals surface area contributed by atoms with Gasteiger partial charge in [0, 0.05) is 11.3 Å². The van der Waals surface area contributed by atoms with Gasteiger partial charge >= 0.3 is 6.01 Å². The first-order chi connectivity index (χ1) is 12.1. The highest BCUT2D eigenvalue weighted by Crippen LogP contribution is 2.31. The second kappa shape index (κ2) is 8.64. The number of carbonyl (C=O) groups excluding carboxylic acids is 1. The first-order valence-electron chi connectivity index (χ1n) is 7.69. The van der Waals surface area contributed by atoms with Gasteiger partial charge in [0.05, 0.1) is 8.66 Å². The van der Waals surface area contributed by atoms with Crippen molar-refractivity contribution in [2.75, 3.05) is 11.1 Å². The molecule has 0 aliphatic carbocycles. The zero-order chi connectivity index (χ0) is 17.6. The predicted molar refractivity (Wildman–Crippen MR) is 105 cm³/mol. The summed E-state index contributed by atoms with van der Waals surface area (Å²) in [7, 11) is 0. The molecule has 8 heteroatoms. The van der Waals surface area contributed by atoms with Crippen LogP contribution in [-0.4, -0.2) is 21.9 Å². The van der Waals surface area contributed by atoms with Gasteiger partial charge in [0.1, 0.15) is 0 Å². The average molecular weight is 438 g/mol. The molecule has 0 saturated heterocycles. The molecule has 1 amide bonds. The number of nitrogens with zero attached hydrogens (tertiary/aromatic N) is 2. The fraction of sp³-hybridized carbons (Fsp3) is 0.235. The van der Waals surface area contributed by atoms with Crippen LogP contribution in [-0.2, 0) is 4.79 Å². The van der Waals surface area contributed by atoms with E-state index < -0.39 is 0 Å². The summed E-state index contributed by atoms with van der Waals surface area (Å²) in [5, 5.41) is 10.5. The van der Waals surface area contributed by atoms with Gasteiger partial charge in [0.2, 0.25) is 5.91 Å². The van der Waals surface area contributed by atoms with E-state index in [1.165, 1.54) is 21.8 Å². The smallest absolute Gasteiger partial charge is 0.322 e. The van der Waals surface area contributed by atoms with Crippen molar-refractivity contribution in [2.45, 2.75) is 24.7 Å². The lowest BCUT2D eigenvalue weighted by molar-refractivity contribution is -0.116. The summed E-state index contributed by atoms with van der Waals surface area (Å²) >= 11 is 6.63. The SMILES string of the molecule is Cc1ccc(SCCCC(=O)Nc2nnc(-c3ccc(Br)s3)o2)cc1. The average Bonchev–Trinajstić information content (AvgIpc) is 3.22. The maximum absolute atomic E-state index is 12.0. The van der Waals surface area contributed by atoms with Gasteiger partial charge in [0.15, 0.2) is 0 Å². The number of aryl methyl sites for hydroxylation is 1. The van der Waals surface area contributed by atoms with Gasteiger partial charge in [0.25, 0.3) is 5.89 Å². The van der Waals surface area contributed by atoms with E-state index >= 15 is 0 Å². The van der Waals surface area contributed by atoms with Crippen molar-refractivity contribution >= 4 is 51.0 Å². The van der Waals surface area contributed by atoms with Crippen molar-refractivity contribution in [1.29, 1.82) is 0 Å². The Morgan fingerprint density at radius 2 is 2.04 bits per heavy atom. The number of thioether (sulfide) groups is 1. The van der Waals surface area contributed by atoms with Crippen LogP contribution in [0.5, 0.6) is 0 Å². The van der Waals surface area contributed by atoms with E-state index in [2.05, 4.69) is 62.6 Å². The number of hydrogen-bond acceptors (Lipinski definition) is 6. The van der Waals surface area contributed by atoms with Gasteiger partial charge < -0.3 is 4.42 Å². The first-order valence-corrected chi connectivity index (χ1v) is 10.3. The van der Waals surface area contributed by atoms with Crippen LogP contribution in [0, 0.1) is 6.92 Å². The number of amides is 1. The monoisotopic (exact) mass is 437 g/mol. The molecular weight excluding hydrogens is 422 g/mol. The Kier molecular flexibility index (Phi) is 6.28. The van der Waals surface area contributed by atoms with Crippen molar-refractivity contribution in [3.05, 3.63) is 45.7 Å². The van der Waals surface area contributed by atoms with Gasteiger partial charge in [-0.1, -0.05) is 22.8 Å². The Balaban J connectivity index is 1.42. The lowest BCUT2D eigenvalue weighted by Gasteiger charge is -2.02. The highest BCUT2D eigenvalue weighted by Gasteiger charge is 2.12. The molecular formula is C17H16BrN3O2S2. The Morgan fingerprint density at radius 1 is 1.24 bits per heavy atom. The molecule has 3 rings (SSSR count). The molecule has 2 aromatic heterocycles. The topological polar surface area (TPSA) is 68.0 Å². The predicted octanol–water partition coefficient (Wildman–Crippen LogP) is 5.38. The Morgan fingerprint density at radius 3 is 2.76 bits per heavy atom. The zero-order valence-corrected chi connectivity index (χ0v) is 16.7. The molecule has 1 aromatic carbocycles. The first kappa shape index (κ1) is 18.2. The molecule has 2 heterocycles. The van der Waals surface area contributed by atoms with Crippen LogP contribution in [0.15, 0.2) is 49.5 Å². The summed E-state index contributed by atoms with van der Waals surface area (Å²) in [5.41, 5.74) is 1.25. The number of rotatable bonds is 7. The lowest BCUT2D eigenvalue weighted by Crippen LogP contribution is -2.11. The summed E-state index contributed by atoms with van der Waals surface area (Å²) in [6.45, 7) is 2.07. The molecule has 0 aliphatic heterocycles. The quantitative estimate of drug-likeness (QED) is 0.396. The summed E-state index contributed by atoms with van der Waals surface area (Å²) in [6, 6.07) is 12.3. The number of carbonyl (C=O) groups is 1. The molecule has 0 aliphatic rings. The van der Waals surface area contributed by atoms with Gasteiger partial charge in [-0.15, -0.1) is 28.2 Å². The fourth-order valence-electron chi connectivity index (χ4n) is 2.04. The van der Waals surface area contributed by atoms with Crippen molar-refractivity contribution in [3.8, 4) is 10.8 Å². The van der Waals surface area contributed by atoms with Crippen molar-refractivity contribution in [1.82, 2.24) is 10.2 Å². The number of anilines is 1. The molecule has 5 nitrogen and oxygen atoms in total. The lowest BCUT2D eigenvalue weighted by atomic mass is 10.2. The zero-order valence-electron chi connectivity index (χ0n) is 13.5. The van der Waals surface area contributed by atoms with Gasteiger partial charge in [-0.05, 0) is 59.3 Å². The highest BCUT2D eigenvalue weighted by molar-refractivity contribution is 9.11. The van der Waals surface area contributed by atoms with Crippen LogP contribution in [0.3, 0.4) is 0 Å². The molecule has 0 saturated carbocycles. The number of nitrogens with one attached hydrogen (secondary N) is 1. The van der Waals surface area contributed by atoms with Gasteiger partial charge in [-0.2, -0.15) is 0 Å². The molecule has 130 valence electrons. The molecule has 0 radical (unpaired) electrons. The van der Waals surface area contributed by atoms with E-state index in [0.717, 1.165) is 20.8 Å². The second-order valence-corrected chi connectivity index (χ2v) is 8.96. The third kappa shape index (κ3) is 5.42. The standard InChI is InChI=1S/C17H16BrN3O2S2/c1-11-4-6-12(7-5-11)24-10-2-3-15(22)19-17-21-20-16(23-17)13-8-9-14(18)25-13/h4-9H,2-3,10H2,1H3,(H,19,21,22). The Bertz CT molecular complexity index is 846. The van der Waals surface area contributed by atoms with Crippen molar-refractivity contribution in [3.63, 3.8) is 0 Å². The summed E-state index contributed by atoms with van der Waals surface area (Å²) in [6.07, 6.45) is 1.20. The largest absolute Gasteiger partial charge is 0.402 e. The summed E-state index contributed by atoms with van der Waals surface area (Å²) in [4.78, 5) is 14.0. The van der Waals surface area contributed by atoms with Crippen LogP contribution in [0.4, 0.5) is 6.01 Å². The molecule has 0 unspecified atom stereocenters. The Labute approximate surface area is 162 Å². The van der Waals surface area contributed by atoms with E-state index in [1.807, 2.05) is 12.1 Å². The van der Waals surface area contributed by atoms with Crippen LogP contribution in [0.2, 0.25) is 0 Å². The Hall–Kier alpha value is -1.64. The van der Waals surface area contributed by atoms with Crippen LogP contribution >= 0.6 is 39.0 Å². The van der Waals surface area contributed by atoms with Crippen LogP contribution in [0.25, 0.3) is 10.8 Å². The maximum Gasteiger partial charge on any atom is 0.322 e. The minimum Gasteiger partial charge on any atom is -0.402 e. The van der Waals surface area contributed by atoms with E-state index in [0.29, 0.717) is 12.3 Å². The van der Waals surface area contributed by atoms with E-state index in [-0.39, 0.29) is 11.9 Å². The number of hydrogen-bond donors (Lipinski definition) is 1. The third-order valence-electron chi connectivity index (χ3n) is 3.29. The van der Waals surface area contributed by atoms with Crippen molar-refractivity contribution in [2.24, 2.45) is 0 Å². The normalized spacial score (nSPS) is 10.8. The number of halogens is 1. The van der Waals surface area contributed by atoms with Gasteiger partial charge in [-0.25, -0.2) is 0 Å². The molecule has 0 atom stereocenters. The number of aromatic nitrogens is 2.